The molecule has 1 aromatic rings. The van der Waals surface area contributed by atoms with Gasteiger partial charge in [-0.05, 0) is 19.8 Å². The Hall–Kier alpha value is -1.16. The molecule has 1 N–H and O–H groups in total. The number of hydrogen-bond acceptors (Lipinski definition) is 3. The van der Waals surface area contributed by atoms with Crippen LogP contribution in [-0.4, -0.2) is 16.1 Å². The molecule has 1 aromatic heterocycles. The normalized spacial score (nSPS) is 19.6. The van der Waals surface area contributed by atoms with Crippen molar-refractivity contribution in [3.8, 4) is 0 Å². The van der Waals surface area contributed by atoms with Crippen molar-refractivity contribution >= 4 is 0 Å². The fourth-order valence-electron chi connectivity index (χ4n) is 2.42. The highest BCUT2D eigenvalue weighted by Gasteiger charge is 2.30. The molecule has 4 heteroatoms. The lowest BCUT2D eigenvalue weighted by Crippen LogP contribution is -2.36. The first-order valence-electron chi connectivity index (χ1n) is 6.14. The topological polar surface area (TPSA) is 46.9 Å². The number of rotatable bonds is 2. The molecule has 0 bridgehead atoms. The molecule has 2 heterocycles. The zero-order chi connectivity index (χ0) is 11.1. The second kappa shape index (κ2) is 3.70. The molecular weight excluding hydrogens is 202 g/mol. The highest BCUT2D eigenvalue weighted by Crippen LogP contribution is 2.38. The standard InChI is InChI=1S/C12H17N3O/c1-2-15-11(8-3-4-8)14-10-5-6-13-7-9(10)12(15)16/h8,13H,2-7H2,1H3. The van der Waals surface area contributed by atoms with Crippen LogP contribution < -0.4 is 10.9 Å². The fraction of sp³-hybridized carbons (Fsp3) is 0.667. The van der Waals surface area contributed by atoms with Gasteiger partial charge in [-0.2, -0.15) is 0 Å². The number of aromatic nitrogens is 2. The monoisotopic (exact) mass is 219 g/mol. The van der Waals surface area contributed by atoms with E-state index in [0.717, 1.165) is 36.6 Å². The zero-order valence-corrected chi connectivity index (χ0v) is 9.62. The summed E-state index contributed by atoms with van der Waals surface area (Å²) in [5, 5.41) is 3.24. The van der Waals surface area contributed by atoms with Gasteiger partial charge in [0.25, 0.3) is 5.56 Å². The van der Waals surface area contributed by atoms with E-state index in [0.29, 0.717) is 12.5 Å². The largest absolute Gasteiger partial charge is 0.312 e. The van der Waals surface area contributed by atoms with Gasteiger partial charge in [0.05, 0.1) is 11.3 Å². The Labute approximate surface area is 94.7 Å². The van der Waals surface area contributed by atoms with Crippen LogP contribution in [0.2, 0.25) is 0 Å². The summed E-state index contributed by atoms with van der Waals surface area (Å²) in [6, 6.07) is 0. The van der Waals surface area contributed by atoms with E-state index in [2.05, 4.69) is 5.32 Å². The van der Waals surface area contributed by atoms with Crippen molar-refractivity contribution in [2.24, 2.45) is 0 Å². The molecule has 0 saturated heterocycles. The maximum absolute atomic E-state index is 12.3. The minimum absolute atomic E-state index is 0.182. The van der Waals surface area contributed by atoms with E-state index in [-0.39, 0.29) is 5.56 Å². The van der Waals surface area contributed by atoms with Crippen LogP contribution in [0.3, 0.4) is 0 Å². The van der Waals surface area contributed by atoms with E-state index in [1.807, 2.05) is 11.5 Å². The molecular formula is C12H17N3O. The Morgan fingerprint density at radius 1 is 1.50 bits per heavy atom. The summed E-state index contributed by atoms with van der Waals surface area (Å²) in [5.41, 5.74) is 2.11. The molecule has 0 atom stereocenters. The van der Waals surface area contributed by atoms with Crippen molar-refractivity contribution < 1.29 is 0 Å². The van der Waals surface area contributed by atoms with Crippen molar-refractivity contribution in [1.82, 2.24) is 14.9 Å². The van der Waals surface area contributed by atoms with Gasteiger partial charge < -0.3 is 5.32 Å². The highest BCUT2D eigenvalue weighted by atomic mass is 16.1. The van der Waals surface area contributed by atoms with Gasteiger partial charge in [0.1, 0.15) is 5.82 Å². The third kappa shape index (κ3) is 1.48. The molecule has 0 radical (unpaired) electrons. The van der Waals surface area contributed by atoms with Crippen molar-refractivity contribution in [2.75, 3.05) is 6.54 Å². The van der Waals surface area contributed by atoms with E-state index >= 15 is 0 Å². The molecule has 16 heavy (non-hydrogen) atoms. The summed E-state index contributed by atoms with van der Waals surface area (Å²) in [7, 11) is 0. The SMILES string of the molecule is CCn1c(C2CC2)nc2c(c1=O)CNCC2. The average molecular weight is 219 g/mol. The summed E-state index contributed by atoms with van der Waals surface area (Å²) in [4.78, 5) is 17.0. The van der Waals surface area contributed by atoms with Crippen molar-refractivity contribution in [3.05, 3.63) is 27.4 Å². The van der Waals surface area contributed by atoms with E-state index in [9.17, 15) is 4.79 Å². The second-order valence-electron chi connectivity index (χ2n) is 4.65. The Morgan fingerprint density at radius 2 is 2.31 bits per heavy atom. The van der Waals surface area contributed by atoms with Crippen LogP contribution in [0.15, 0.2) is 4.79 Å². The molecule has 1 aliphatic carbocycles. The van der Waals surface area contributed by atoms with Crippen LogP contribution in [0.1, 0.15) is 42.8 Å². The minimum Gasteiger partial charge on any atom is -0.312 e. The minimum atomic E-state index is 0.182. The predicted octanol–water partition coefficient (Wildman–Crippen LogP) is 0.786. The molecule has 2 aliphatic rings. The smallest absolute Gasteiger partial charge is 0.258 e. The number of nitrogens with zero attached hydrogens (tertiary/aromatic N) is 2. The maximum Gasteiger partial charge on any atom is 0.258 e. The Kier molecular flexibility index (Phi) is 2.32. The summed E-state index contributed by atoms with van der Waals surface area (Å²) in [6.07, 6.45) is 3.29. The summed E-state index contributed by atoms with van der Waals surface area (Å²) in [6.45, 7) is 4.40. The summed E-state index contributed by atoms with van der Waals surface area (Å²) >= 11 is 0. The van der Waals surface area contributed by atoms with Crippen LogP contribution in [0, 0.1) is 0 Å². The quantitative estimate of drug-likeness (QED) is 0.800. The lowest BCUT2D eigenvalue weighted by atomic mass is 10.1. The molecule has 86 valence electrons. The molecule has 0 spiro atoms. The van der Waals surface area contributed by atoms with E-state index in [1.165, 1.54) is 12.8 Å². The fourth-order valence-corrected chi connectivity index (χ4v) is 2.42. The van der Waals surface area contributed by atoms with Gasteiger partial charge in [0.2, 0.25) is 0 Å². The van der Waals surface area contributed by atoms with E-state index in [4.69, 9.17) is 4.98 Å². The van der Waals surface area contributed by atoms with Crippen LogP contribution in [0.4, 0.5) is 0 Å². The average Bonchev–Trinajstić information content (AvgIpc) is 3.13. The van der Waals surface area contributed by atoms with Crippen LogP contribution >= 0.6 is 0 Å². The molecule has 1 fully saturated rings. The first-order valence-corrected chi connectivity index (χ1v) is 6.14. The molecule has 0 unspecified atom stereocenters. The first kappa shape index (κ1) is 10.0. The van der Waals surface area contributed by atoms with Gasteiger partial charge in [-0.3, -0.25) is 9.36 Å². The van der Waals surface area contributed by atoms with Gasteiger partial charge in [-0.1, -0.05) is 0 Å². The third-order valence-electron chi connectivity index (χ3n) is 3.48. The highest BCUT2D eigenvalue weighted by molar-refractivity contribution is 5.23. The van der Waals surface area contributed by atoms with E-state index in [1.54, 1.807) is 0 Å². The first-order chi connectivity index (χ1) is 7.81. The molecule has 3 rings (SSSR count). The predicted molar refractivity (Wildman–Crippen MR) is 61.6 cm³/mol. The number of hydrogen-bond donors (Lipinski definition) is 1. The van der Waals surface area contributed by atoms with Gasteiger partial charge in [0, 0.05) is 32.0 Å². The van der Waals surface area contributed by atoms with Gasteiger partial charge in [-0.15, -0.1) is 0 Å². The molecule has 0 amide bonds. The molecule has 4 nitrogen and oxygen atoms in total. The van der Waals surface area contributed by atoms with Crippen molar-refractivity contribution in [3.63, 3.8) is 0 Å². The number of nitrogens with one attached hydrogen (secondary N) is 1. The van der Waals surface area contributed by atoms with Gasteiger partial charge in [-0.25, -0.2) is 4.98 Å². The van der Waals surface area contributed by atoms with Gasteiger partial charge in [0.15, 0.2) is 0 Å². The van der Waals surface area contributed by atoms with Crippen molar-refractivity contribution in [1.29, 1.82) is 0 Å². The van der Waals surface area contributed by atoms with Crippen molar-refractivity contribution in [2.45, 2.75) is 45.2 Å². The Bertz CT molecular complexity index is 474. The van der Waals surface area contributed by atoms with E-state index < -0.39 is 0 Å². The lowest BCUT2D eigenvalue weighted by Gasteiger charge is -2.19. The summed E-state index contributed by atoms with van der Waals surface area (Å²) in [5.74, 6) is 1.58. The third-order valence-corrected chi connectivity index (χ3v) is 3.48. The second-order valence-corrected chi connectivity index (χ2v) is 4.65. The van der Waals surface area contributed by atoms with Crippen LogP contribution in [0.5, 0.6) is 0 Å². The Balaban J connectivity index is 2.18. The van der Waals surface area contributed by atoms with Crippen LogP contribution in [0.25, 0.3) is 0 Å². The Morgan fingerprint density at radius 3 is 3.00 bits per heavy atom. The number of fused-ring (bicyclic) bond motifs is 1. The maximum atomic E-state index is 12.3. The zero-order valence-electron chi connectivity index (χ0n) is 9.62. The lowest BCUT2D eigenvalue weighted by molar-refractivity contribution is 0.569. The molecule has 1 saturated carbocycles. The molecule has 0 aromatic carbocycles. The van der Waals surface area contributed by atoms with Crippen LogP contribution in [-0.2, 0) is 19.5 Å². The molecule has 1 aliphatic heterocycles. The summed E-state index contributed by atoms with van der Waals surface area (Å²) < 4.78 is 1.86. The van der Waals surface area contributed by atoms with Gasteiger partial charge >= 0.3 is 0 Å².